The highest BCUT2D eigenvalue weighted by molar-refractivity contribution is 5.92. The molecule has 0 aliphatic carbocycles. The highest BCUT2D eigenvalue weighted by atomic mass is 16.5. The Bertz CT molecular complexity index is 1680. The van der Waals surface area contributed by atoms with Crippen LogP contribution in [-0.2, 0) is 13.2 Å². The Morgan fingerprint density at radius 3 is 2.28 bits per heavy atom. The molecule has 0 fully saturated rings. The molecule has 1 amide bonds. The van der Waals surface area contributed by atoms with Gasteiger partial charge in [0.25, 0.3) is 0 Å². The Balaban J connectivity index is 1.13. The summed E-state index contributed by atoms with van der Waals surface area (Å²) in [6.07, 6.45) is 1.54. The lowest BCUT2D eigenvalue weighted by Crippen LogP contribution is -2.16. The number of hydrogen-bond donors (Lipinski definition) is 1. The van der Waals surface area contributed by atoms with Crippen molar-refractivity contribution in [3.63, 3.8) is 0 Å². The Hall–Kier alpha value is -5.24. The summed E-state index contributed by atoms with van der Waals surface area (Å²) in [6, 6.07) is 29.0. The van der Waals surface area contributed by atoms with Crippen molar-refractivity contribution in [2.45, 2.75) is 40.9 Å². The first-order valence-corrected chi connectivity index (χ1v) is 14.1. The van der Waals surface area contributed by atoms with Crippen molar-refractivity contribution >= 4 is 12.1 Å². The summed E-state index contributed by atoms with van der Waals surface area (Å²) < 4.78 is 25.5. The number of benzene rings is 3. The van der Waals surface area contributed by atoms with Gasteiger partial charge in [-0.3, -0.25) is 4.79 Å². The van der Waals surface area contributed by atoms with E-state index in [0.717, 1.165) is 16.8 Å². The van der Waals surface area contributed by atoms with Crippen molar-refractivity contribution in [1.82, 2.24) is 9.99 Å². The molecule has 2 aromatic heterocycles. The van der Waals surface area contributed by atoms with Gasteiger partial charge in [0.2, 0.25) is 0 Å². The molecule has 8 nitrogen and oxygen atoms in total. The number of nitrogens with zero attached hydrogens (tertiary/aromatic N) is 2. The van der Waals surface area contributed by atoms with Gasteiger partial charge < -0.3 is 23.2 Å². The van der Waals surface area contributed by atoms with Crippen LogP contribution in [0.5, 0.6) is 17.2 Å². The third-order valence-electron chi connectivity index (χ3n) is 6.79. The average Bonchev–Trinajstić information content (AvgIpc) is 3.63. The van der Waals surface area contributed by atoms with E-state index in [-0.39, 0.29) is 12.4 Å². The van der Waals surface area contributed by atoms with Crippen molar-refractivity contribution in [3.05, 3.63) is 131 Å². The highest BCUT2D eigenvalue weighted by Gasteiger charge is 2.12. The maximum absolute atomic E-state index is 12.6. The molecule has 0 unspecified atom stereocenters. The summed E-state index contributed by atoms with van der Waals surface area (Å²) in [6.45, 7) is 9.23. The van der Waals surface area contributed by atoms with Crippen molar-refractivity contribution in [1.29, 1.82) is 0 Å². The van der Waals surface area contributed by atoms with Crippen LogP contribution in [0.4, 0.5) is 0 Å². The number of hydrogen-bond acceptors (Lipinski definition) is 6. The molecule has 220 valence electrons. The molecule has 0 spiro atoms. The van der Waals surface area contributed by atoms with Gasteiger partial charge in [-0.1, -0.05) is 29.8 Å². The average molecular weight is 578 g/mol. The van der Waals surface area contributed by atoms with Gasteiger partial charge in [-0.2, -0.15) is 5.10 Å². The van der Waals surface area contributed by atoms with E-state index in [4.69, 9.17) is 18.6 Å². The van der Waals surface area contributed by atoms with Gasteiger partial charge in [-0.15, -0.1) is 0 Å². The third kappa shape index (κ3) is 7.54. The molecule has 1 N–H and O–H groups in total. The second kappa shape index (κ2) is 13.6. The molecule has 3 aromatic carbocycles. The van der Waals surface area contributed by atoms with Crippen molar-refractivity contribution in [3.8, 4) is 22.9 Å². The van der Waals surface area contributed by atoms with Crippen LogP contribution in [0.25, 0.3) is 5.69 Å². The second-order valence-corrected chi connectivity index (χ2v) is 10.1. The Kier molecular flexibility index (Phi) is 9.26. The second-order valence-electron chi connectivity index (χ2n) is 10.1. The van der Waals surface area contributed by atoms with Gasteiger partial charge in [-0.05, 0) is 106 Å². The van der Waals surface area contributed by atoms with Crippen LogP contribution >= 0.6 is 0 Å². The van der Waals surface area contributed by atoms with Crippen LogP contribution < -0.4 is 19.6 Å². The number of amides is 1. The number of carbonyl (C=O) groups excluding carboxylic acids is 1. The van der Waals surface area contributed by atoms with Gasteiger partial charge in [-0.25, -0.2) is 5.43 Å². The van der Waals surface area contributed by atoms with E-state index in [1.54, 1.807) is 12.1 Å². The standard InChI is InChI=1S/C35H35N3O5/c1-5-40-34-20-28(12-18-32(34)42-22-27-10-6-24(2)7-11-27)21-36-37-35(39)33-19-17-31(43-33)23-41-30-15-13-29(14-16-30)38-25(3)8-9-26(38)4/h6-21H,5,22-23H2,1-4H3,(H,37,39)/b36-21+. The van der Waals surface area contributed by atoms with Gasteiger partial charge in [0.15, 0.2) is 17.3 Å². The summed E-state index contributed by atoms with van der Waals surface area (Å²) in [4.78, 5) is 12.6. The molecule has 8 heteroatoms. The number of rotatable bonds is 12. The molecule has 43 heavy (non-hydrogen) atoms. The first-order chi connectivity index (χ1) is 20.9. The lowest BCUT2D eigenvalue weighted by atomic mass is 10.2. The number of carbonyl (C=O) groups is 1. The third-order valence-corrected chi connectivity index (χ3v) is 6.79. The molecular weight excluding hydrogens is 542 g/mol. The quantitative estimate of drug-likeness (QED) is 0.124. The van der Waals surface area contributed by atoms with Crippen LogP contribution in [0, 0.1) is 20.8 Å². The fourth-order valence-electron chi connectivity index (χ4n) is 4.56. The fourth-order valence-corrected chi connectivity index (χ4v) is 4.56. The highest BCUT2D eigenvalue weighted by Crippen LogP contribution is 2.29. The molecular formula is C35H35N3O5. The Morgan fingerprint density at radius 1 is 0.814 bits per heavy atom. The SMILES string of the molecule is CCOc1cc(/C=N/NC(=O)c2ccc(COc3ccc(-n4c(C)ccc4C)cc3)o2)ccc1OCc1ccc(C)cc1. The van der Waals surface area contributed by atoms with E-state index in [1.165, 1.54) is 23.2 Å². The molecule has 0 bridgehead atoms. The predicted octanol–water partition coefficient (Wildman–Crippen LogP) is 7.32. The topological polar surface area (TPSA) is 87.2 Å². The minimum Gasteiger partial charge on any atom is -0.490 e. The number of nitrogens with one attached hydrogen (secondary N) is 1. The molecule has 5 rings (SSSR count). The van der Waals surface area contributed by atoms with Gasteiger partial charge in [0, 0.05) is 17.1 Å². The number of aromatic nitrogens is 1. The minimum atomic E-state index is -0.465. The van der Waals surface area contributed by atoms with Crippen LogP contribution in [0.15, 0.2) is 101 Å². The smallest absolute Gasteiger partial charge is 0.307 e. The molecule has 2 heterocycles. The molecule has 0 saturated carbocycles. The van der Waals surface area contributed by atoms with Gasteiger partial charge >= 0.3 is 5.91 Å². The first kappa shape index (κ1) is 29.3. The summed E-state index contributed by atoms with van der Waals surface area (Å²) in [7, 11) is 0. The van der Waals surface area contributed by atoms with Gasteiger partial charge in [0.1, 0.15) is 24.7 Å². The lowest BCUT2D eigenvalue weighted by Gasteiger charge is -2.12. The largest absolute Gasteiger partial charge is 0.490 e. The Morgan fingerprint density at radius 2 is 1.56 bits per heavy atom. The van der Waals surface area contributed by atoms with Gasteiger partial charge in [0.05, 0.1) is 12.8 Å². The van der Waals surface area contributed by atoms with Crippen molar-refractivity contribution in [2.24, 2.45) is 5.10 Å². The minimum absolute atomic E-state index is 0.138. The molecule has 0 aliphatic heterocycles. The van der Waals surface area contributed by atoms with Crippen LogP contribution in [0.2, 0.25) is 0 Å². The summed E-state index contributed by atoms with van der Waals surface area (Å²) in [5.41, 5.74) is 8.93. The van der Waals surface area contributed by atoms with Crippen LogP contribution in [-0.4, -0.2) is 23.3 Å². The first-order valence-electron chi connectivity index (χ1n) is 14.1. The lowest BCUT2D eigenvalue weighted by molar-refractivity contribution is 0.0923. The summed E-state index contributed by atoms with van der Waals surface area (Å²) in [5, 5.41) is 4.08. The van der Waals surface area contributed by atoms with Crippen LogP contribution in [0.3, 0.4) is 0 Å². The van der Waals surface area contributed by atoms with E-state index >= 15 is 0 Å². The Labute approximate surface area is 251 Å². The maximum atomic E-state index is 12.6. The number of furan rings is 1. The van der Waals surface area contributed by atoms with E-state index in [0.29, 0.717) is 36.2 Å². The van der Waals surface area contributed by atoms with E-state index in [2.05, 4.69) is 60.1 Å². The molecule has 0 saturated heterocycles. The van der Waals surface area contributed by atoms with E-state index in [9.17, 15) is 4.79 Å². The number of ether oxygens (including phenoxy) is 3. The number of aryl methyl sites for hydroxylation is 3. The zero-order valence-electron chi connectivity index (χ0n) is 24.8. The molecule has 0 radical (unpaired) electrons. The molecule has 0 atom stereocenters. The summed E-state index contributed by atoms with van der Waals surface area (Å²) >= 11 is 0. The van der Waals surface area contributed by atoms with E-state index < -0.39 is 5.91 Å². The zero-order chi connectivity index (χ0) is 30.2. The fraction of sp³-hybridized carbons (Fsp3) is 0.200. The molecule has 5 aromatic rings. The number of hydrazone groups is 1. The zero-order valence-corrected chi connectivity index (χ0v) is 24.8. The normalized spacial score (nSPS) is 11.1. The van der Waals surface area contributed by atoms with Crippen LogP contribution in [0.1, 0.15) is 51.3 Å². The summed E-state index contributed by atoms with van der Waals surface area (Å²) in [5.74, 6) is 2.14. The van der Waals surface area contributed by atoms with Crippen molar-refractivity contribution < 1.29 is 23.4 Å². The van der Waals surface area contributed by atoms with Crippen molar-refractivity contribution in [2.75, 3.05) is 6.61 Å². The monoisotopic (exact) mass is 577 g/mol. The molecule has 0 aliphatic rings. The predicted molar refractivity (Wildman–Crippen MR) is 166 cm³/mol. The maximum Gasteiger partial charge on any atom is 0.307 e. The van der Waals surface area contributed by atoms with E-state index in [1.807, 2.05) is 61.5 Å².